The Morgan fingerprint density at radius 2 is 2.21 bits per heavy atom. The van der Waals surface area contributed by atoms with Gasteiger partial charge < -0.3 is 15.2 Å². The first-order chi connectivity index (χ1) is 6.60. The summed E-state index contributed by atoms with van der Waals surface area (Å²) >= 11 is 0. The maximum Gasteiger partial charge on any atom is 0.334 e. The molecule has 0 aromatic heterocycles. The zero-order valence-electron chi connectivity index (χ0n) is 9.03. The lowest BCUT2D eigenvalue weighted by Crippen LogP contribution is -2.46. The smallest absolute Gasteiger partial charge is 0.334 e. The number of nitrogens with two attached hydrogens (primary N) is 1. The highest BCUT2D eigenvalue weighted by Gasteiger charge is 2.36. The first kappa shape index (κ1) is 11.5. The van der Waals surface area contributed by atoms with Crippen LogP contribution in [0.1, 0.15) is 20.3 Å². The molecule has 0 amide bonds. The summed E-state index contributed by atoms with van der Waals surface area (Å²) in [7, 11) is 1.38. The van der Waals surface area contributed by atoms with E-state index in [9.17, 15) is 4.79 Å². The number of esters is 1. The van der Waals surface area contributed by atoms with Crippen LogP contribution >= 0.6 is 0 Å². The molecule has 1 saturated heterocycles. The van der Waals surface area contributed by atoms with Crippen LogP contribution in [0.25, 0.3) is 0 Å². The summed E-state index contributed by atoms with van der Waals surface area (Å²) in [6.45, 7) is 4.68. The van der Waals surface area contributed by atoms with Gasteiger partial charge in [0.15, 0.2) is 6.10 Å². The molecule has 82 valence electrons. The van der Waals surface area contributed by atoms with Crippen molar-refractivity contribution < 1.29 is 14.3 Å². The van der Waals surface area contributed by atoms with Gasteiger partial charge in [-0.25, -0.2) is 4.79 Å². The van der Waals surface area contributed by atoms with Crippen LogP contribution in [0.3, 0.4) is 0 Å². The van der Waals surface area contributed by atoms with Crippen LogP contribution in [0.5, 0.6) is 0 Å². The SMILES string of the molecule is COC(=O)[C@H]1C[C@@H](C)[C@@H](C)[C@@H](CN)O1. The highest BCUT2D eigenvalue weighted by molar-refractivity contribution is 5.74. The highest BCUT2D eigenvalue weighted by atomic mass is 16.6. The predicted molar refractivity (Wildman–Crippen MR) is 52.7 cm³/mol. The molecule has 4 atom stereocenters. The van der Waals surface area contributed by atoms with E-state index in [1.165, 1.54) is 7.11 Å². The average molecular weight is 201 g/mol. The van der Waals surface area contributed by atoms with E-state index in [0.29, 0.717) is 18.4 Å². The molecule has 1 fully saturated rings. The fourth-order valence-electron chi connectivity index (χ4n) is 1.86. The molecule has 0 unspecified atom stereocenters. The van der Waals surface area contributed by atoms with Gasteiger partial charge in [0.2, 0.25) is 0 Å². The van der Waals surface area contributed by atoms with Crippen molar-refractivity contribution in [1.29, 1.82) is 0 Å². The Morgan fingerprint density at radius 3 is 2.71 bits per heavy atom. The third kappa shape index (κ3) is 2.25. The second-order valence-corrected chi connectivity index (χ2v) is 3.99. The van der Waals surface area contributed by atoms with Crippen molar-refractivity contribution in [3.63, 3.8) is 0 Å². The van der Waals surface area contributed by atoms with Gasteiger partial charge in [0, 0.05) is 6.54 Å². The monoisotopic (exact) mass is 201 g/mol. The normalized spacial score (nSPS) is 38.0. The van der Waals surface area contributed by atoms with E-state index in [0.717, 1.165) is 6.42 Å². The van der Waals surface area contributed by atoms with Crippen molar-refractivity contribution in [2.45, 2.75) is 32.5 Å². The van der Waals surface area contributed by atoms with Crippen LogP contribution in [0.15, 0.2) is 0 Å². The second-order valence-electron chi connectivity index (χ2n) is 3.99. The van der Waals surface area contributed by atoms with Gasteiger partial charge in [-0.15, -0.1) is 0 Å². The number of carbonyl (C=O) groups excluding carboxylic acids is 1. The quantitative estimate of drug-likeness (QED) is 0.663. The van der Waals surface area contributed by atoms with Crippen LogP contribution < -0.4 is 5.73 Å². The molecule has 0 radical (unpaired) electrons. The lowest BCUT2D eigenvalue weighted by atomic mass is 9.83. The number of carbonyl (C=O) groups is 1. The molecule has 0 bridgehead atoms. The summed E-state index contributed by atoms with van der Waals surface area (Å²) in [6.07, 6.45) is 0.271. The first-order valence-electron chi connectivity index (χ1n) is 5.03. The van der Waals surface area contributed by atoms with Gasteiger partial charge in [-0.2, -0.15) is 0 Å². The van der Waals surface area contributed by atoms with Crippen molar-refractivity contribution in [1.82, 2.24) is 0 Å². The van der Waals surface area contributed by atoms with Crippen molar-refractivity contribution in [2.75, 3.05) is 13.7 Å². The van der Waals surface area contributed by atoms with E-state index < -0.39 is 6.10 Å². The molecule has 0 saturated carbocycles. The molecule has 0 aromatic rings. The Morgan fingerprint density at radius 1 is 1.57 bits per heavy atom. The Bertz CT molecular complexity index is 208. The maximum atomic E-state index is 11.3. The summed E-state index contributed by atoms with van der Waals surface area (Å²) in [5.41, 5.74) is 5.58. The Labute approximate surface area is 84.7 Å². The molecule has 4 nitrogen and oxygen atoms in total. The number of rotatable bonds is 2. The molecule has 0 aromatic carbocycles. The van der Waals surface area contributed by atoms with Crippen molar-refractivity contribution in [3.05, 3.63) is 0 Å². The lowest BCUT2D eigenvalue weighted by Gasteiger charge is -2.37. The van der Waals surface area contributed by atoms with Gasteiger partial charge in [-0.05, 0) is 18.3 Å². The molecular formula is C10H19NO3. The summed E-state index contributed by atoms with van der Waals surface area (Å²) in [4.78, 5) is 11.3. The summed E-state index contributed by atoms with van der Waals surface area (Å²) in [5, 5.41) is 0. The molecule has 1 aliphatic heterocycles. The summed E-state index contributed by atoms with van der Waals surface area (Å²) < 4.78 is 10.2. The topological polar surface area (TPSA) is 61.5 Å². The Balaban J connectivity index is 2.62. The fraction of sp³-hybridized carbons (Fsp3) is 0.900. The van der Waals surface area contributed by atoms with E-state index in [1.54, 1.807) is 0 Å². The molecule has 14 heavy (non-hydrogen) atoms. The second kappa shape index (κ2) is 4.75. The van der Waals surface area contributed by atoms with Gasteiger partial charge in [-0.3, -0.25) is 0 Å². The van der Waals surface area contributed by atoms with Gasteiger partial charge in [0.05, 0.1) is 13.2 Å². The Kier molecular flexibility index (Phi) is 3.89. The number of hydrogen-bond donors (Lipinski definition) is 1. The maximum absolute atomic E-state index is 11.3. The van der Waals surface area contributed by atoms with E-state index in [1.807, 2.05) is 0 Å². The van der Waals surface area contributed by atoms with Gasteiger partial charge in [-0.1, -0.05) is 13.8 Å². The van der Waals surface area contributed by atoms with Crippen molar-refractivity contribution >= 4 is 5.97 Å². The summed E-state index contributed by atoms with van der Waals surface area (Å²) in [6, 6.07) is 0. The van der Waals surface area contributed by atoms with Crippen LogP contribution in [-0.2, 0) is 14.3 Å². The van der Waals surface area contributed by atoms with Crippen LogP contribution in [0, 0.1) is 11.8 Å². The zero-order valence-corrected chi connectivity index (χ0v) is 9.03. The molecule has 0 spiro atoms. The summed E-state index contributed by atoms with van der Waals surface area (Å²) in [5.74, 6) is 0.560. The van der Waals surface area contributed by atoms with Gasteiger partial charge >= 0.3 is 5.97 Å². The van der Waals surface area contributed by atoms with E-state index in [2.05, 4.69) is 18.6 Å². The number of methoxy groups -OCH3 is 1. The fourth-order valence-corrected chi connectivity index (χ4v) is 1.86. The van der Waals surface area contributed by atoms with Crippen LogP contribution in [0.4, 0.5) is 0 Å². The molecule has 1 heterocycles. The van der Waals surface area contributed by atoms with Gasteiger partial charge in [0.25, 0.3) is 0 Å². The third-order valence-corrected chi connectivity index (χ3v) is 3.11. The third-order valence-electron chi connectivity index (χ3n) is 3.11. The minimum absolute atomic E-state index is 0.0251. The lowest BCUT2D eigenvalue weighted by molar-refractivity contribution is -0.170. The molecule has 4 heteroatoms. The molecule has 1 aliphatic rings. The molecule has 2 N–H and O–H groups in total. The van der Waals surface area contributed by atoms with Crippen molar-refractivity contribution in [2.24, 2.45) is 17.6 Å². The highest BCUT2D eigenvalue weighted by Crippen LogP contribution is 2.30. The minimum Gasteiger partial charge on any atom is -0.467 e. The minimum atomic E-state index is -0.431. The largest absolute Gasteiger partial charge is 0.467 e. The standard InChI is InChI=1S/C10H19NO3/c1-6-4-8(10(12)13-3)14-9(5-11)7(6)2/h6-9H,4-5,11H2,1-3H3/t6-,7-,8-,9-/m1/s1. The van der Waals surface area contributed by atoms with Crippen molar-refractivity contribution in [3.8, 4) is 0 Å². The Hall–Kier alpha value is -0.610. The zero-order chi connectivity index (χ0) is 10.7. The molecule has 0 aliphatic carbocycles. The molecular weight excluding hydrogens is 182 g/mol. The van der Waals surface area contributed by atoms with E-state index in [-0.39, 0.29) is 12.1 Å². The van der Waals surface area contributed by atoms with E-state index >= 15 is 0 Å². The number of ether oxygens (including phenoxy) is 2. The average Bonchev–Trinajstić information content (AvgIpc) is 2.20. The van der Waals surface area contributed by atoms with Gasteiger partial charge in [0.1, 0.15) is 0 Å². The predicted octanol–water partition coefficient (Wildman–Crippen LogP) is 0.548. The first-order valence-corrected chi connectivity index (χ1v) is 5.03. The van der Waals surface area contributed by atoms with Crippen LogP contribution in [-0.4, -0.2) is 31.8 Å². The molecule has 1 rings (SSSR count). The van der Waals surface area contributed by atoms with E-state index in [4.69, 9.17) is 10.5 Å². The number of hydrogen-bond acceptors (Lipinski definition) is 4. The van der Waals surface area contributed by atoms with Crippen LogP contribution in [0.2, 0.25) is 0 Å².